The van der Waals surface area contributed by atoms with Crippen LogP contribution in [0.5, 0.6) is 0 Å². The minimum Gasteiger partial charge on any atom is -0.378 e. The van der Waals surface area contributed by atoms with Crippen LogP contribution in [0.25, 0.3) is 11.1 Å². The van der Waals surface area contributed by atoms with Gasteiger partial charge in [-0.25, -0.2) is 13.2 Å². The van der Waals surface area contributed by atoms with E-state index in [2.05, 4.69) is 36.4 Å². The normalized spacial score (nSPS) is 11.9. The van der Waals surface area contributed by atoms with E-state index in [4.69, 9.17) is 0 Å². The molecule has 0 aliphatic carbocycles. The number of nitrogens with zero attached hydrogens (tertiary/aromatic N) is 2. The van der Waals surface area contributed by atoms with Crippen molar-refractivity contribution < 1.29 is 13.2 Å². The third kappa shape index (κ3) is 5.88. The number of halogens is 3. The second-order valence-corrected chi connectivity index (χ2v) is 9.39. The smallest absolute Gasteiger partial charge is 0.263 e. The number of hydrogen-bond donors (Lipinski definition) is 0. The Hall–Kier alpha value is -3.99. The van der Waals surface area contributed by atoms with Gasteiger partial charge in [0.2, 0.25) is 0 Å². The van der Waals surface area contributed by atoms with Crippen LogP contribution in [-0.4, -0.2) is 28.2 Å². The van der Waals surface area contributed by atoms with Gasteiger partial charge in [0.1, 0.15) is 6.67 Å². The summed E-state index contributed by atoms with van der Waals surface area (Å²) in [4.78, 5) is 4.06. The molecule has 0 bridgehead atoms. The van der Waals surface area contributed by atoms with E-state index in [9.17, 15) is 13.2 Å². The summed E-state index contributed by atoms with van der Waals surface area (Å²) in [6.45, 7) is -0.537. The van der Waals surface area contributed by atoms with Crippen molar-refractivity contribution in [2.75, 3.05) is 38.0 Å². The molecule has 0 saturated carbocycles. The summed E-state index contributed by atoms with van der Waals surface area (Å²) in [6.07, 6.45) is -2.54. The van der Waals surface area contributed by atoms with Crippen LogP contribution in [0.4, 0.5) is 24.5 Å². The fraction of sp³-hybridized carbons (Fsp3) is 0.188. The lowest BCUT2D eigenvalue weighted by Gasteiger charge is -2.20. The Morgan fingerprint density at radius 1 is 0.541 bits per heavy atom. The van der Waals surface area contributed by atoms with Gasteiger partial charge in [-0.2, -0.15) is 0 Å². The Balaban J connectivity index is 2.02. The fourth-order valence-electron chi connectivity index (χ4n) is 4.32. The van der Waals surface area contributed by atoms with Crippen LogP contribution < -0.4 is 9.80 Å². The molecule has 4 aromatic rings. The molecule has 4 rings (SSSR count). The van der Waals surface area contributed by atoms with Gasteiger partial charge in [0.25, 0.3) is 6.43 Å². The Morgan fingerprint density at radius 3 is 1.16 bits per heavy atom. The molecule has 0 saturated heterocycles. The molecule has 190 valence electrons. The van der Waals surface area contributed by atoms with E-state index in [1.807, 2.05) is 62.3 Å². The fourth-order valence-corrected chi connectivity index (χ4v) is 4.32. The highest BCUT2D eigenvalue weighted by molar-refractivity contribution is 6.04. The zero-order valence-electron chi connectivity index (χ0n) is 21.6. The average molecular weight is 501 g/mol. The molecule has 0 N–H and O–H groups in total. The molecule has 0 unspecified atom stereocenters. The van der Waals surface area contributed by atoms with Gasteiger partial charge < -0.3 is 9.80 Å². The SMILES string of the molecule is CN(C)c1ccc(/C(=C(\c2ccc(C(F)F)cc2)c2ccc(N(C)C)cc2)c2ccc(CF)cc2)cc1. The van der Waals surface area contributed by atoms with Crippen LogP contribution in [-0.2, 0) is 6.67 Å². The molecule has 0 aliphatic heterocycles. The highest BCUT2D eigenvalue weighted by atomic mass is 19.3. The van der Waals surface area contributed by atoms with Crippen LogP contribution in [0.3, 0.4) is 0 Å². The van der Waals surface area contributed by atoms with E-state index in [0.29, 0.717) is 5.56 Å². The van der Waals surface area contributed by atoms with E-state index in [-0.39, 0.29) is 5.56 Å². The zero-order valence-corrected chi connectivity index (χ0v) is 21.6. The minimum atomic E-state index is -2.54. The molecule has 2 nitrogen and oxygen atoms in total. The molecule has 0 fully saturated rings. The van der Waals surface area contributed by atoms with Gasteiger partial charge in [-0.15, -0.1) is 0 Å². The Morgan fingerprint density at radius 2 is 0.865 bits per heavy atom. The number of benzene rings is 4. The standard InChI is InChI=1S/C32H31F3N2/c1-36(2)28-17-13-25(14-18-28)30(23-7-5-22(21-33)6-8-23)31(24-9-11-27(12-10-24)32(34)35)26-15-19-29(20-16-26)37(3)4/h5-20,32H,21H2,1-4H3/b31-30+. The zero-order chi connectivity index (χ0) is 26.5. The third-order valence-corrected chi connectivity index (χ3v) is 6.44. The molecule has 4 aromatic carbocycles. The summed E-state index contributed by atoms with van der Waals surface area (Å²) in [7, 11) is 7.95. The molecular formula is C32H31F3N2. The first kappa shape index (κ1) is 26.1. The molecule has 5 heteroatoms. The molecule has 0 atom stereocenters. The summed E-state index contributed by atoms with van der Waals surface area (Å²) in [6, 6.07) is 30.3. The molecule has 0 aliphatic rings. The van der Waals surface area contributed by atoms with Crippen molar-refractivity contribution in [3.63, 3.8) is 0 Å². The lowest BCUT2D eigenvalue weighted by Crippen LogP contribution is -2.08. The van der Waals surface area contributed by atoms with Gasteiger partial charge in [-0.3, -0.25) is 0 Å². The molecule has 0 spiro atoms. The largest absolute Gasteiger partial charge is 0.378 e. The van der Waals surface area contributed by atoms with Crippen LogP contribution >= 0.6 is 0 Å². The lowest BCUT2D eigenvalue weighted by atomic mass is 9.85. The van der Waals surface area contributed by atoms with Gasteiger partial charge in [0, 0.05) is 45.1 Å². The first-order chi connectivity index (χ1) is 17.8. The maximum Gasteiger partial charge on any atom is 0.263 e. The maximum absolute atomic E-state index is 13.4. The number of hydrogen-bond acceptors (Lipinski definition) is 2. The topological polar surface area (TPSA) is 6.48 Å². The number of rotatable bonds is 8. The summed E-state index contributed by atoms with van der Waals surface area (Å²) < 4.78 is 40.0. The van der Waals surface area contributed by atoms with Gasteiger partial charge in [-0.1, -0.05) is 72.8 Å². The van der Waals surface area contributed by atoms with Crippen molar-refractivity contribution in [2.45, 2.75) is 13.1 Å². The average Bonchev–Trinajstić information content (AvgIpc) is 2.92. The van der Waals surface area contributed by atoms with E-state index < -0.39 is 13.1 Å². The first-order valence-corrected chi connectivity index (χ1v) is 12.1. The first-order valence-electron chi connectivity index (χ1n) is 12.1. The number of anilines is 2. The van der Waals surface area contributed by atoms with Gasteiger partial charge in [0.15, 0.2) is 0 Å². The van der Waals surface area contributed by atoms with Crippen molar-refractivity contribution in [1.82, 2.24) is 0 Å². The summed E-state index contributed by atoms with van der Waals surface area (Å²) in [5.41, 5.74) is 8.23. The van der Waals surface area contributed by atoms with Crippen molar-refractivity contribution in [3.05, 3.63) is 130 Å². The Labute approximate surface area is 217 Å². The second-order valence-electron chi connectivity index (χ2n) is 9.39. The predicted molar refractivity (Wildman–Crippen MR) is 149 cm³/mol. The molecular weight excluding hydrogens is 469 g/mol. The molecule has 0 aromatic heterocycles. The van der Waals surface area contributed by atoms with Crippen molar-refractivity contribution in [3.8, 4) is 0 Å². The highest BCUT2D eigenvalue weighted by Gasteiger charge is 2.18. The minimum absolute atomic E-state index is 0.0183. The summed E-state index contributed by atoms with van der Waals surface area (Å²) >= 11 is 0. The molecule has 0 heterocycles. The Bertz CT molecular complexity index is 1280. The monoisotopic (exact) mass is 500 g/mol. The summed E-state index contributed by atoms with van der Waals surface area (Å²) in [5.74, 6) is 0. The number of alkyl halides is 3. The van der Waals surface area contributed by atoms with Gasteiger partial charge in [0.05, 0.1) is 0 Å². The van der Waals surface area contributed by atoms with Crippen LogP contribution in [0.2, 0.25) is 0 Å². The van der Waals surface area contributed by atoms with Gasteiger partial charge >= 0.3 is 0 Å². The van der Waals surface area contributed by atoms with E-state index in [1.165, 1.54) is 12.1 Å². The lowest BCUT2D eigenvalue weighted by molar-refractivity contribution is 0.151. The van der Waals surface area contributed by atoms with E-state index >= 15 is 0 Å². The Kier molecular flexibility index (Phi) is 8.02. The third-order valence-electron chi connectivity index (χ3n) is 6.44. The molecule has 37 heavy (non-hydrogen) atoms. The van der Waals surface area contributed by atoms with Crippen LogP contribution in [0, 0.1) is 0 Å². The van der Waals surface area contributed by atoms with Crippen molar-refractivity contribution >= 4 is 22.5 Å². The predicted octanol–water partition coefficient (Wildman–Crippen LogP) is 8.23. The van der Waals surface area contributed by atoms with Crippen molar-refractivity contribution in [1.29, 1.82) is 0 Å². The molecule has 0 amide bonds. The van der Waals surface area contributed by atoms with E-state index in [0.717, 1.165) is 44.8 Å². The highest BCUT2D eigenvalue weighted by Crippen LogP contribution is 2.38. The van der Waals surface area contributed by atoms with Crippen LogP contribution in [0.15, 0.2) is 97.1 Å². The quantitative estimate of drug-likeness (QED) is 0.225. The maximum atomic E-state index is 13.4. The molecule has 0 radical (unpaired) electrons. The van der Waals surface area contributed by atoms with Crippen LogP contribution in [0.1, 0.15) is 39.8 Å². The van der Waals surface area contributed by atoms with Gasteiger partial charge in [-0.05, 0) is 63.2 Å². The van der Waals surface area contributed by atoms with Crippen molar-refractivity contribution in [2.24, 2.45) is 0 Å². The van der Waals surface area contributed by atoms with E-state index in [1.54, 1.807) is 24.3 Å². The summed E-state index contributed by atoms with van der Waals surface area (Å²) in [5, 5.41) is 0. The second kappa shape index (κ2) is 11.4.